The molecule has 1 aromatic heterocycles. The topological polar surface area (TPSA) is 48.4 Å². The number of rotatable bonds is 5. The maximum atomic E-state index is 5.44. The van der Waals surface area contributed by atoms with Crippen molar-refractivity contribution >= 4 is 0 Å². The van der Waals surface area contributed by atoms with Crippen molar-refractivity contribution < 1.29 is 9.15 Å². The molecule has 72 valence electrons. The Kier molecular flexibility index (Phi) is 3.73. The van der Waals surface area contributed by atoms with Gasteiger partial charge in [0, 0.05) is 5.56 Å². The smallest absolute Gasteiger partial charge is 0.118 e. The van der Waals surface area contributed by atoms with Crippen LogP contribution in [-0.2, 0) is 17.9 Å². The van der Waals surface area contributed by atoms with E-state index in [4.69, 9.17) is 14.9 Å². The Labute approximate surface area is 78.2 Å². The van der Waals surface area contributed by atoms with Crippen LogP contribution in [0.5, 0.6) is 0 Å². The Balaban J connectivity index is 2.54. The van der Waals surface area contributed by atoms with Crippen LogP contribution in [0.4, 0.5) is 0 Å². The molecule has 0 spiro atoms. The molecule has 3 nitrogen and oxygen atoms in total. The second kappa shape index (κ2) is 4.84. The van der Waals surface area contributed by atoms with Crippen LogP contribution in [0.1, 0.15) is 17.1 Å². The predicted molar refractivity (Wildman–Crippen MR) is 51.2 cm³/mol. The molecule has 0 aliphatic rings. The van der Waals surface area contributed by atoms with Gasteiger partial charge in [-0.3, -0.25) is 0 Å². The molecule has 0 radical (unpaired) electrons. The third-order valence-electron chi connectivity index (χ3n) is 1.77. The van der Waals surface area contributed by atoms with Gasteiger partial charge < -0.3 is 14.9 Å². The minimum absolute atomic E-state index is 0.433. The highest BCUT2D eigenvalue weighted by Gasteiger charge is 2.05. The summed E-state index contributed by atoms with van der Waals surface area (Å²) in [5.41, 5.74) is 6.49. The molecule has 0 unspecified atom stereocenters. The zero-order valence-corrected chi connectivity index (χ0v) is 7.88. The monoisotopic (exact) mass is 181 g/mol. The van der Waals surface area contributed by atoms with E-state index in [9.17, 15) is 0 Å². The molecular formula is C10H15NO2. The highest BCUT2D eigenvalue weighted by atomic mass is 16.5. The van der Waals surface area contributed by atoms with Gasteiger partial charge in [0.25, 0.3) is 0 Å². The van der Waals surface area contributed by atoms with Gasteiger partial charge in [-0.1, -0.05) is 6.08 Å². The van der Waals surface area contributed by atoms with Crippen LogP contribution in [0.15, 0.2) is 23.1 Å². The second-order valence-corrected chi connectivity index (χ2v) is 2.80. The summed E-state index contributed by atoms with van der Waals surface area (Å²) in [6, 6.07) is 1.93. The lowest BCUT2D eigenvalue weighted by Gasteiger charge is -1.97. The first-order chi connectivity index (χ1) is 6.27. The third-order valence-corrected chi connectivity index (χ3v) is 1.77. The Bertz CT molecular complexity index is 278. The summed E-state index contributed by atoms with van der Waals surface area (Å²) >= 11 is 0. The summed E-state index contributed by atoms with van der Waals surface area (Å²) in [6.45, 7) is 7.02. The minimum atomic E-state index is 0.433. The molecule has 0 bridgehead atoms. The number of aryl methyl sites for hydroxylation is 1. The van der Waals surface area contributed by atoms with E-state index in [0.29, 0.717) is 19.8 Å². The summed E-state index contributed by atoms with van der Waals surface area (Å²) in [7, 11) is 0. The number of ether oxygens (including phenoxy) is 1. The molecule has 1 heterocycles. The van der Waals surface area contributed by atoms with Crippen molar-refractivity contribution in [3.8, 4) is 0 Å². The van der Waals surface area contributed by atoms with E-state index < -0.39 is 0 Å². The zero-order chi connectivity index (χ0) is 9.68. The second-order valence-electron chi connectivity index (χ2n) is 2.80. The van der Waals surface area contributed by atoms with Crippen molar-refractivity contribution in [2.45, 2.75) is 20.1 Å². The molecule has 0 saturated carbocycles. The fraction of sp³-hybridized carbons (Fsp3) is 0.400. The minimum Gasteiger partial charge on any atom is -0.465 e. The van der Waals surface area contributed by atoms with Gasteiger partial charge in [-0.15, -0.1) is 6.58 Å². The molecule has 0 atom stereocenters. The van der Waals surface area contributed by atoms with E-state index in [-0.39, 0.29) is 0 Å². The molecule has 1 rings (SSSR count). The predicted octanol–water partition coefficient (Wildman–Crippen LogP) is 1.75. The molecule has 1 aromatic rings. The van der Waals surface area contributed by atoms with Crippen molar-refractivity contribution in [2.24, 2.45) is 5.73 Å². The summed E-state index contributed by atoms with van der Waals surface area (Å²) in [5.74, 6) is 1.68. The Hall–Kier alpha value is -1.06. The standard InChI is InChI=1S/C10H15NO2/c1-3-4-12-7-9-5-10(6-11)13-8(9)2/h3,5H,1,4,6-7,11H2,2H3. The number of nitrogens with two attached hydrogens (primary N) is 1. The van der Waals surface area contributed by atoms with Crippen molar-refractivity contribution in [3.63, 3.8) is 0 Å². The van der Waals surface area contributed by atoms with Gasteiger partial charge >= 0.3 is 0 Å². The van der Waals surface area contributed by atoms with E-state index in [0.717, 1.165) is 17.1 Å². The molecule has 0 aliphatic carbocycles. The van der Waals surface area contributed by atoms with Crippen LogP contribution in [0, 0.1) is 6.92 Å². The van der Waals surface area contributed by atoms with Crippen molar-refractivity contribution in [3.05, 3.63) is 35.8 Å². The lowest BCUT2D eigenvalue weighted by molar-refractivity contribution is 0.147. The average molecular weight is 181 g/mol. The first kappa shape index (κ1) is 10.0. The van der Waals surface area contributed by atoms with E-state index in [2.05, 4.69) is 6.58 Å². The molecule has 0 aliphatic heterocycles. The Morgan fingerprint density at radius 3 is 3.00 bits per heavy atom. The van der Waals surface area contributed by atoms with Crippen molar-refractivity contribution in [1.29, 1.82) is 0 Å². The van der Waals surface area contributed by atoms with Crippen LogP contribution < -0.4 is 5.73 Å². The lowest BCUT2D eigenvalue weighted by Crippen LogP contribution is -1.94. The lowest BCUT2D eigenvalue weighted by atomic mass is 10.2. The van der Waals surface area contributed by atoms with Crippen LogP contribution in [0.25, 0.3) is 0 Å². The van der Waals surface area contributed by atoms with Gasteiger partial charge in [0.15, 0.2) is 0 Å². The maximum Gasteiger partial charge on any atom is 0.118 e. The van der Waals surface area contributed by atoms with E-state index in [1.807, 2.05) is 13.0 Å². The highest BCUT2D eigenvalue weighted by Crippen LogP contribution is 2.14. The normalized spacial score (nSPS) is 10.3. The molecule has 0 amide bonds. The fourth-order valence-corrected chi connectivity index (χ4v) is 1.08. The van der Waals surface area contributed by atoms with Crippen LogP contribution in [0.3, 0.4) is 0 Å². The number of hydrogen-bond donors (Lipinski definition) is 1. The first-order valence-electron chi connectivity index (χ1n) is 4.24. The van der Waals surface area contributed by atoms with Crippen LogP contribution >= 0.6 is 0 Å². The quantitative estimate of drug-likeness (QED) is 0.556. The molecule has 3 heteroatoms. The molecule has 0 fully saturated rings. The maximum absolute atomic E-state index is 5.44. The average Bonchev–Trinajstić information content (AvgIpc) is 2.48. The van der Waals surface area contributed by atoms with Crippen LogP contribution in [0.2, 0.25) is 0 Å². The summed E-state index contributed by atoms with van der Waals surface area (Å²) in [5, 5.41) is 0. The van der Waals surface area contributed by atoms with E-state index >= 15 is 0 Å². The number of furan rings is 1. The van der Waals surface area contributed by atoms with Gasteiger partial charge in [0.2, 0.25) is 0 Å². The summed E-state index contributed by atoms with van der Waals surface area (Å²) in [4.78, 5) is 0. The van der Waals surface area contributed by atoms with E-state index in [1.165, 1.54) is 0 Å². The largest absolute Gasteiger partial charge is 0.465 e. The Morgan fingerprint density at radius 2 is 2.46 bits per heavy atom. The van der Waals surface area contributed by atoms with Gasteiger partial charge in [0.05, 0.1) is 19.8 Å². The Morgan fingerprint density at radius 1 is 1.69 bits per heavy atom. The fourth-order valence-electron chi connectivity index (χ4n) is 1.08. The van der Waals surface area contributed by atoms with Gasteiger partial charge in [-0.25, -0.2) is 0 Å². The summed E-state index contributed by atoms with van der Waals surface area (Å²) in [6.07, 6.45) is 1.72. The van der Waals surface area contributed by atoms with E-state index in [1.54, 1.807) is 6.08 Å². The van der Waals surface area contributed by atoms with Crippen molar-refractivity contribution in [2.75, 3.05) is 6.61 Å². The molecule has 13 heavy (non-hydrogen) atoms. The van der Waals surface area contributed by atoms with Gasteiger partial charge in [0.1, 0.15) is 11.5 Å². The zero-order valence-electron chi connectivity index (χ0n) is 7.88. The number of hydrogen-bond acceptors (Lipinski definition) is 3. The van der Waals surface area contributed by atoms with Crippen LogP contribution in [-0.4, -0.2) is 6.61 Å². The third kappa shape index (κ3) is 2.72. The van der Waals surface area contributed by atoms with Crippen molar-refractivity contribution in [1.82, 2.24) is 0 Å². The molecular weight excluding hydrogens is 166 g/mol. The highest BCUT2D eigenvalue weighted by molar-refractivity contribution is 5.19. The van der Waals surface area contributed by atoms with Gasteiger partial charge in [-0.05, 0) is 13.0 Å². The molecule has 0 saturated heterocycles. The molecule has 2 N–H and O–H groups in total. The summed E-state index contributed by atoms with van der Waals surface area (Å²) < 4.78 is 10.7. The van der Waals surface area contributed by atoms with Gasteiger partial charge in [-0.2, -0.15) is 0 Å². The molecule has 0 aromatic carbocycles. The first-order valence-corrected chi connectivity index (χ1v) is 4.24. The SMILES string of the molecule is C=CCOCc1cc(CN)oc1C.